The van der Waals surface area contributed by atoms with Gasteiger partial charge in [0.25, 0.3) is 0 Å². The van der Waals surface area contributed by atoms with E-state index < -0.39 is 0 Å². The summed E-state index contributed by atoms with van der Waals surface area (Å²) < 4.78 is 5.39. The maximum atomic E-state index is 5.39. The van der Waals surface area contributed by atoms with Crippen molar-refractivity contribution in [1.29, 1.82) is 0 Å². The van der Waals surface area contributed by atoms with Gasteiger partial charge in [0.15, 0.2) is 0 Å². The van der Waals surface area contributed by atoms with E-state index in [1.807, 2.05) is 18.3 Å². The number of ether oxygens (including phenoxy) is 1. The van der Waals surface area contributed by atoms with Crippen LogP contribution in [0, 0.1) is 0 Å². The van der Waals surface area contributed by atoms with Gasteiger partial charge in [0.2, 0.25) is 0 Å². The molecule has 0 atom stereocenters. The van der Waals surface area contributed by atoms with E-state index in [0.29, 0.717) is 0 Å². The maximum Gasteiger partial charge on any atom is 0.0809 e. The summed E-state index contributed by atoms with van der Waals surface area (Å²) in [7, 11) is 0. The van der Waals surface area contributed by atoms with Crippen LogP contribution >= 0.6 is 11.3 Å². The van der Waals surface area contributed by atoms with Crippen LogP contribution in [-0.2, 0) is 24.3 Å². The summed E-state index contributed by atoms with van der Waals surface area (Å²) in [5.41, 5.74) is 1.53. The van der Waals surface area contributed by atoms with E-state index in [1.165, 1.54) is 21.7 Å². The molecule has 2 heterocycles. The predicted molar refractivity (Wildman–Crippen MR) is 55.1 cm³/mol. The van der Waals surface area contributed by atoms with Crippen molar-refractivity contribution in [1.82, 2.24) is 5.32 Å². The predicted octanol–water partition coefficient (Wildman–Crippen LogP) is 1.93. The number of hydrogen-bond donors (Lipinski definition) is 1. The Kier molecular flexibility index (Phi) is 2.98. The largest absolute Gasteiger partial charge is 0.376 e. The molecule has 0 fully saturated rings. The summed E-state index contributed by atoms with van der Waals surface area (Å²) in [4.78, 5) is 2.87. The highest BCUT2D eigenvalue weighted by Gasteiger charge is 2.12. The molecule has 1 N–H and O–H groups in total. The molecule has 0 spiro atoms. The third-order valence-electron chi connectivity index (χ3n) is 2.25. The van der Waals surface area contributed by atoms with E-state index in [2.05, 4.69) is 11.4 Å². The molecule has 1 aliphatic rings. The van der Waals surface area contributed by atoms with Crippen molar-refractivity contribution in [2.75, 3.05) is 13.2 Å². The minimum atomic E-state index is 0.786. The Hall–Kier alpha value is -0.380. The van der Waals surface area contributed by atoms with Gasteiger partial charge in [-0.05, 0) is 31.5 Å². The SMILES string of the molecule is CCOCc1cc2c(s1)CNCC2. The Morgan fingerprint density at radius 2 is 2.54 bits per heavy atom. The first-order chi connectivity index (χ1) is 6.40. The third-order valence-corrected chi connectivity index (χ3v) is 3.40. The van der Waals surface area contributed by atoms with Crippen molar-refractivity contribution >= 4 is 11.3 Å². The van der Waals surface area contributed by atoms with Gasteiger partial charge >= 0.3 is 0 Å². The zero-order valence-electron chi connectivity index (χ0n) is 7.93. The van der Waals surface area contributed by atoms with Crippen molar-refractivity contribution in [2.24, 2.45) is 0 Å². The number of nitrogens with one attached hydrogen (secondary N) is 1. The van der Waals surface area contributed by atoms with E-state index >= 15 is 0 Å². The minimum Gasteiger partial charge on any atom is -0.376 e. The van der Waals surface area contributed by atoms with Crippen LogP contribution in [0.1, 0.15) is 22.2 Å². The topological polar surface area (TPSA) is 21.3 Å². The molecule has 13 heavy (non-hydrogen) atoms. The third kappa shape index (κ3) is 2.10. The van der Waals surface area contributed by atoms with Crippen LogP contribution in [0.25, 0.3) is 0 Å². The molecule has 1 aliphatic heterocycles. The van der Waals surface area contributed by atoms with Crippen LogP contribution in [-0.4, -0.2) is 13.2 Å². The molecule has 3 heteroatoms. The fourth-order valence-corrected chi connectivity index (χ4v) is 2.71. The molecule has 72 valence electrons. The monoisotopic (exact) mass is 197 g/mol. The molecule has 0 amide bonds. The Labute approximate surface area is 82.9 Å². The Morgan fingerprint density at radius 3 is 3.31 bits per heavy atom. The molecule has 0 radical (unpaired) electrons. The summed E-state index contributed by atoms with van der Waals surface area (Å²) in [6, 6.07) is 2.30. The highest BCUT2D eigenvalue weighted by molar-refractivity contribution is 7.12. The van der Waals surface area contributed by atoms with Gasteiger partial charge in [-0.1, -0.05) is 0 Å². The number of hydrogen-bond acceptors (Lipinski definition) is 3. The molecule has 2 nitrogen and oxygen atoms in total. The van der Waals surface area contributed by atoms with E-state index in [9.17, 15) is 0 Å². The summed E-state index contributed by atoms with van der Waals surface area (Å²) in [5.74, 6) is 0. The van der Waals surface area contributed by atoms with Crippen molar-refractivity contribution in [3.05, 3.63) is 21.4 Å². The van der Waals surface area contributed by atoms with Gasteiger partial charge in [-0.2, -0.15) is 0 Å². The van der Waals surface area contributed by atoms with Gasteiger partial charge in [-0.15, -0.1) is 11.3 Å². The fourth-order valence-electron chi connectivity index (χ4n) is 1.59. The van der Waals surface area contributed by atoms with Crippen LogP contribution in [0.2, 0.25) is 0 Å². The highest BCUT2D eigenvalue weighted by atomic mass is 32.1. The van der Waals surface area contributed by atoms with Gasteiger partial charge in [-0.3, -0.25) is 0 Å². The average molecular weight is 197 g/mol. The van der Waals surface area contributed by atoms with E-state index in [1.54, 1.807) is 0 Å². The van der Waals surface area contributed by atoms with E-state index in [4.69, 9.17) is 4.74 Å². The summed E-state index contributed by atoms with van der Waals surface area (Å²) >= 11 is 1.89. The first kappa shape index (κ1) is 9.19. The minimum absolute atomic E-state index is 0.786. The van der Waals surface area contributed by atoms with E-state index in [-0.39, 0.29) is 0 Å². The van der Waals surface area contributed by atoms with Crippen molar-refractivity contribution < 1.29 is 4.74 Å². The molecule has 1 aromatic rings. The van der Waals surface area contributed by atoms with Crippen LogP contribution in [0.5, 0.6) is 0 Å². The second-order valence-corrected chi connectivity index (χ2v) is 4.45. The fraction of sp³-hybridized carbons (Fsp3) is 0.600. The standard InChI is InChI=1S/C10H15NOS/c1-2-12-7-9-5-8-3-4-11-6-10(8)13-9/h5,11H,2-4,6-7H2,1H3. The lowest BCUT2D eigenvalue weighted by atomic mass is 10.1. The molecule has 0 saturated carbocycles. The molecular formula is C10H15NOS. The summed E-state index contributed by atoms with van der Waals surface area (Å²) in [6.45, 7) is 5.80. The maximum absolute atomic E-state index is 5.39. The second-order valence-electron chi connectivity index (χ2n) is 3.23. The molecule has 2 rings (SSSR count). The molecule has 0 aliphatic carbocycles. The first-order valence-corrected chi connectivity index (χ1v) is 5.60. The van der Waals surface area contributed by atoms with Gasteiger partial charge in [0.05, 0.1) is 6.61 Å². The van der Waals surface area contributed by atoms with Crippen LogP contribution in [0.15, 0.2) is 6.07 Å². The summed E-state index contributed by atoms with van der Waals surface area (Å²) in [5, 5.41) is 3.38. The van der Waals surface area contributed by atoms with Crippen LogP contribution < -0.4 is 5.32 Å². The van der Waals surface area contributed by atoms with Gasteiger partial charge in [0, 0.05) is 22.9 Å². The smallest absolute Gasteiger partial charge is 0.0809 e. The molecule has 1 aromatic heterocycles. The Balaban J connectivity index is 2.07. The first-order valence-electron chi connectivity index (χ1n) is 4.79. The van der Waals surface area contributed by atoms with Crippen LogP contribution in [0.3, 0.4) is 0 Å². The van der Waals surface area contributed by atoms with Crippen molar-refractivity contribution in [2.45, 2.75) is 26.5 Å². The molecule has 0 bridgehead atoms. The number of rotatable bonds is 3. The van der Waals surface area contributed by atoms with Crippen molar-refractivity contribution in [3.8, 4) is 0 Å². The zero-order valence-corrected chi connectivity index (χ0v) is 8.75. The normalized spacial score (nSPS) is 15.8. The average Bonchev–Trinajstić information content (AvgIpc) is 2.57. The quantitative estimate of drug-likeness (QED) is 0.799. The van der Waals surface area contributed by atoms with Gasteiger partial charge in [0.1, 0.15) is 0 Å². The van der Waals surface area contributed by atoms with E-state index in [0.717, 1.165) is 26.3 Å². The lowest BCUT2D eigenvalue weighted by Crippen LogP contribution is -2.21. The zero-order chi connectivity index (χ0) is 9.10. The number of fused-ring (bicyclic) bond motifs is 1. The second kappa shape index (κ2) is 4.22. The van der Waals surface area contributed by atoms with Crippen LogP contribution in [0.4, 0.5) is 0 Å². The molecule has 0 aromatic carbocycles. The van der Waals surface area contributed by atoms with Gasteiger partial charge < -0.3 is 10.1 Å². The number of thiophene rings is 1. The molecular weight excluding hydrogens is 182 g/mol. The Morgan fingerprint density at radius 1 is 1.62 bits per heavy atom. The van der Waals surface area contributed by atoms with Gasteiger partial charge in [-0.25, -0.2) is 0 Å². The Bertz CT molecular complexity index is 259. The van der Waals surface area contributed by atoms with Crippen molar-refractivity contribution in [3.63, 3.8) is 0 Å². The molecule has 0 saturated heterocycles. The lowest BCUT2D eigenvalue weighted by molar-refractivity contribution is 0.136. The highest BCUT2D eigenvalue weighted by Crippen LogP contribution is 2.25. The summed E-state index contributed by atoms with van der Waals surface area (Å²) in [6.07, 6.45) is 1.18. The lowest BCUT2D eigenvalue weighted by Gasteiger charge is -2.10. The molecule has 0 unspecified atom stereocenters.